The lowest BCUT2D eigenvalue weighted by atomic mass is 10.1. The summed E-state index contributed by atoms with van der Waals surface area (Å²) in [7, 11) is 1.73. The molecule has 2 fully saturated rings. The van der Waals surface area contributed by atoms with Crippen LogP contribution in [-0.2, 0) is 9.53 Å². The van der Waals surface area contributed by atoms with Crippen molar-refractivity contribution in [2.24, 2.45) is 17.8 Å². The average molecular weight is 140 g/mol. The molecule has 0 aromatic carbocycles. The number of hydrogen-bond donors (Lipinski definition) is 0. The summed E-state index contributed by atoms with van der Waals surface area (Å²) in [6.07, 6.45) is 1.66. The quantitative estimate of drug-likeness (QED) is 0.568. The molecular formula is C8H12O2. The molecule has 2 nitrogen and oxygen atoms in total. The maximum atomic E-state index is 10.8. The Hall–Kier alpha value is -0.370. The number of methoxy groups -OCH3 is 1. The Morgan fingerprint density at radius 3 is 2.60 bits per heavy atom. The molecule has 2 aliphatic rings. The van der Waals surface area contributed by atoms with Crippen LogP contribution in [0.15, 0.2) is 0 Å². The maximum absolute atomic E-state index is 10.8. The van der Waals surface area contributed by atoms with Gasteiger partial charge in [0.05, 0.1) is 0 Å². The van der Waals surface area contributed by atoms with Crippen LogP contribution in [0.4, 0.5) is 0 Å². The third kappa shape index (κ3) is 0.788. The largest absolute Gasteiger partial charge is 0.384 e. The van der Waals surface area contributed by atoms with Crippen molar-refractivity contribution < 1.29 is 9.53 Å². The molecule has 0 heterocycles. The molecule has 56 valence electrons. The third-order valence-corrected chi connectivity index (χ3v) is 2.79. The molecule has 2 saturated carbocycles. The fourth-order valence-electron chi connectivity index (χ4n) is 2.18. The molecule has 2 rings (SSSR count). The second-order valence-electron chi connectivity index (χ2n) is 3.39. The summed E-state index contributed by atoms with van der Waals surface area (Å²) in [4.78, 5) is 10.8. The van der Waals surface area contributed by atoms with E-state index in [-0.39, 0.29) is 0 Å². The van der Waals surface area contributed by atoms with E-state index in [1.54, 1.807) is 7.11 Å². The van der Waals surface area contributed by atoms with E-state index in [0.717, 1.165) is 25.4 Å². The second-order valence-corrected chi connectivity index (χ2v) is 3.39. The number of rotatable bonds is 2. The van der Waals surface area contributed by atoms with Crippen LogP contribution in [0, 0.1) is 17.8 Å². The van der Waals surface area contributed by atoms with E-state index in [0.29, 0.717) is 17.6 Å². The lowest BCUT2D eigenvalue weighted by Gasteiger charge is -1.98. The summed E-state index contributed by atoms with van der Waals surface area (Å²) in [5.74, 6) is 2.59. The zero-order chi connectivity index (χ0) is 7.14. The molecule has 0 aromatic heterocycles. The normalized spacial score (nSPS) is 43.7. The number of fused-ring (bicyclic) bond motifs is 1. The van der Waals surface area contributed by atoms with Gasteiger partial charge in [-0.3, -0.25) is 4.79 Å². The number of carbonyl (C=O) groups is 1. The summed E-state index contributed by atoms with van der Waals surface area (Å²) in [6.45, 7) is 0.864. The van der Waals surface area contributed by atoms with Crippen molar-refractivity contribution in [3.63, 3.8) is 0 Å². The van der Waals surface area contributed by atoms with Gasteiger partial charge in [0.1, 0.15) is 5.78 Å². The maximum Gasteiger partial charge on any atom is 0.133 e. The SMILES string of the molecule is COCC1C2CC(=O)CC12. The van der Waals surface area contributed by atoms with Gasteiger partial charge in [-0.05, 0) is 17.8 Å². The van der Waals surface area contributed by atoms with Gasteiger partial charge in [-0.15, -0.1) is 0 Å². The van der Waals surface area contributed by atoms with Crippen LogP contribution in [0.25, 0.3) is 0 Å². The van der Waals surface area contributed by atoms with Crippen LogP contribution < -0.4 is 0 Å². The topological polar surface area (TPSA) is 26.3 Å². The molecule has 0 radical (unpaired) electrons. The van der Waals surface area contributed by atoms with Crippen molar-refractivity contribution in [2.45, 2.75) is 12.8 Å². The molecule has 2 heteroatoms. The van der Waals surface area contributed by atoms with Gasteiger partial charge in [-0.25, -0.2) is 0 Å². The first-order valence-corrected chi connectivity index (χ1v) is 3.83. The van der Waals surface area contributed by atoms with Crippen molar-refractivity contribution in [2.75, 3.05) is 13.7 Å². The van der Waals surface area contributed by atoms with Crippen LogP contribution in [0.5, 0.6) is 0 Å². The highest BCUT2D eigenvalue weighted by Crippen LogP contribution is 2.55. The zero-order valence-corrected chi connectivity index (χ0v) is 6.17. The standard InChI is InChI=1S/C8H12O2/c1-10-4-8-6-2-5(9)3-7(6)8/h6-8H,2-4H2,1H3. The van der Waals surface area contributed by atoms with E-state index >= 15 is 0 Å². The van der Waals surface area contributed by atoms with Gasteiger partial charge in [0.2, 0.25) is 0 Å². The van der Waals surface area contributed by atoms with E-state index in [2.05, 4.69) is 0 Å². The molecule has 2 aliphatic carbocycles. The van der Waals surface area contributed by atoms with E-state index in [1.165, 1.54) is 0 Å². The number of Topliss-reactive ketones (excluding diaryl/α,β-unsaturated/α-hetero) is 1. The monoisotopic (exact) mass is 140 g/mol. The molecule has 2 unspecified atom stereocenters. The molecule has 0 bridgehead atoms. The van der Waals surface area contributed by atoms with Crippen LogP contribution >= 0.6 is 0 Å². The Labute approximate surface area is 60.6 Å². The Bertz CT molecular complexity index is 151. The van der Waals surface area contributed by atoms with Crippen LogP contribution in [-0.4, -0.2) is 19.5 Å². The minimum Gasteiger partial charge on any atom is -0.384 e. The zero-order valence-electron chi connectivity index (χ0n) is 6.17. The fraction of sp³-hybridized carbons (Fsp3) is 0.875. The van der Waals surface area contributed by atoms with E-state index in [4.69, 9.17) is 4.74 Å². The summed E-state index contributed by atoms with van der Waals surface area (Å²) in [6, 6.07) is 0. The van der Waals surface area contributed by atoms with Crippen LogP contribution in [0.2, 0.25) is 0 Å². The fourth-order valence-corrected chi connectivity index (χ4v) is 2.18. The summed E-state index contributed by atoms with van der Waals surface area (Å²) >= 11 is 0. The highest BCUT2D eigenvalue weighted by atomic mass is 16.5. The minimum atomic E-state index is 0.461. The first-order chi connectivity index (χ1) is 4.83. The first-order valence-electron chi connectivity index (χ1n) is 3.83. The number of carbonyl (C=O) groups excluding carboxylic acids is 1. The van der Waals surface area contributed by atoms with Gasteiger partial charge in [0.25, 0.3) is 0 Å². The van der Waals surface area contributed by atoms with Crippen molar-refractivity contribution in [1.82, 2.24) is 0 Å². The number of ketones is 1. The molecule has 0 spiro atoms. The van der Waals surface area contributed by atoms with Gasteiger partial charge in [0, 0.05) is 26.6 Å². The van der Waals surface area contributed by atoms with Gasteiger partial charge < -0.3 is 4.74 Å². The highest BCUT2D eigenvalue weighted by Gasteiger charge is 2.55. The third-order valence-electron chi connectivity index (χ3n) is 2.79. The predicted molar refractivity (Wildman–Crippen MR) is 36.6 cm³/mol. The van der Waals surface area contributed by atoms with Crippen molar-refractivity contribution in [3.8, 4) is 0 Å². The molecule has 2 atom stereocenters. The second kappa shape index (κ2) is 2.06. The predicted octanol–water partition coefficient (Wildman–Crippen LogP) is 0.858. The molecule has 10 heavy (non-hydrogen) atoms. The van der Waals surface area contributed by atoms with Gasteiger partial charge in [-0.2, -0.15) is 0 Å². The Kier molecular flexibility index (Phi) is 1.31. The minimum absolute atomic E-state index is 0.461. The van der Waals surface area contributed by atoms with Gasteiger partial charge in [0.15, 0.2) is 0 Å². The number of hydrogen-bond acceptors (Lipinski definition) is 2. The van der Waals surface area contributed by atoms with Crippen molar-refractivity contribution >= 4 is 5.78 Å². The van der Waals surface area contributed by atoms with Gasteiger partial charge in [-0.1, -0.05) is 0 Å². The van der Waals surface area contributed by atoms with Crippen molar-refractivity contribution in [1.29, 1.82) is 0 Å². The molecule has 0 aliphatic heterocycles. The van der Waals surface area contributed by atoms with Gasteiger partial charge >= 0.3 is 0 Å². The lowest BCUT2D eigenvalue weighted by Crippen LogP contribution is -2.02. The lowest BCUT2D eigenvalue weighted by molar-refractivity contribution is -0.118. The molecular weight excluding hydrogens is 128 g/mol. The van der Waals surface area contributed by atoms with E-state index in [9.17, 15) is 4.79 Å². The average Bonchev–Trinajstić information content (AvgIpc) is 2.43. The Morgan fingerprint density at radius 1 is 1.50 bits per heavy atom. The van der Waals surface area contributed by atoms with Crippen molar-refractivity contribution in [3.05, 3.63) is 0 Å². The molecule has 0 aromatic rings. The van der Waals surface area contributed by atoms with Crippen LogP contribution in [0.3, 0.4) is 0 Å². The first kappa shape index (κ1) is 6.35. The van der Waals surface area contributed by atoms with Crippen LogP contribution in [0.1, 0.15) is 12.8 Å². The van der Waals surface area contributed by atoms with E-state index in [1.807, 2.05) is 0 Å². The summed E-state index contributed by atoms with van der Waals surface area (Å²) < 4.78 is 5.03. The number of ether oxygens (including phenoxy) is 1. The van der Waals surface area contributed by atoms with E-state index < -0.39 is 0 Å². The molecule has 0 amide bonds. The molecule has 0 saturated heterocycles. The smallest absolute Gasteiger partial charge is 0.133 e. The molecule has 0 N–H and O–H groups in total. The highest BCUT2D eigenvalue weighted by molar-refractivity contribution is 5.82. The Morgan fingerprint density at radius 2 is 2.10 bits per heavy atom. The summed E-state index contributed by atoms with van der Waals surface area (Å²) in [5, 5.41) is 0. The Balaban J connectivity index is 1.86. The summed E-state index contributed by atoms with van der Waals surface area (Å²) in [5.41, 5.74) is 0.